The molecule has 4 rings (SSSR count). The van der Waals surface area contributed by atoms with Gasteiger partial charge in [0.25, 0.3) is 20.2 Å². The maximum atomic E-state index is 12.3. The Hall–Kier alpha value is -4.98. The average molecular weight is 599 g/mol. The first-order valence-corrected chi connectivity index (χ1v) is 15.0. The Balaban J connectivity index is 1.22. The second kappa shape index (κ2) is 14.6. The van der Waals surface area contributed by atoms with Gasteiger partial charge in [-0.3, -0.25) is 8.37 Å². The molecule has 0 N–H and O–H groups in total. The van der Waals surface area contributed by atoms with Crippen LogP contribution in [0.1, 0.15) is 0 Å². The SMILES string of the molecule is O=S(=O)(OCC#CC#CCOS(=O)(=O)c1ccc(N=Nc2ccccc2)cc1)c1ccc(N=Nc2ccccc2)cc1. The van der Waals surface area contributed by atoms with Crippen LogP contribution in [0, 0.1) is 23.7 Å². The smallest absolute Gasteiger partial charge is 0.253 e. The second-order valence-corrected chi connectivity index (χ2v) is 11.3. The summed E-state index contributed by atoms with van der Waals surface area (Å²) in [6.07, 6.45) is 0. The van der Waals surface area contributed by atoms with Gasteiger partial charge in [0, 0.05) is 0 Å². The van der Waals surface area contributed by atoms with E-state index in [1.165, 1.54) is 48.5 Å². The van der Waals surface area contributed by atoms with E-state index in [1.807, 2.05) is 36.4 Å². The molecule has 0 fully saturated rings. The van der Waals surface area contributed by atoms with E-state index in [4.69, 9.17) is 8.37 Å². The Morgan fingerprint density at radius 1 is 0.452 bits per heavy atom. The summed E-state index contributed by atoms with van der Waals surface area (Å²) in [5.74, 6) is 9.65. The Kier molecular flexibility index (Phi) is 10.4. The summed E-state index contributed by atoms with van der Waals surface area (Å²) in [5, 5.41) is 16.3. The Morgan fingerprint density at radius 3 is 1.10 bits per heavy atom. The van der Waals surface area contributed by atoms with Crippen LogP contribution in [-0.2, 0) is 28.6 Å². The fourth-order valence-electron chi connectivity index (χ4n) is 3.09. The first-order chi connectivity index (χ1) is 20.3. The molecule has 210 valence electrons. The summed E-state index contributed by atoms with van der Waals surface area (Å²) >= 11 is 0. The summed E-state index contributed by atoms with van der Waals surface area (Å²) in [7, 11) is -8.10. The third-order valence-corrected chi connectivity index (χ3v) is 7.69. The highest BCUT2D eigenvalue weighted by Gasteiger charge is 2.15. The summed E-state index contributed by atoms with van der Waals surface area (Å²) in [4.78, 5) is -0.139. The summed E-state index contributed by atoms with van der Waals surface area (Å²) in [6.45, 7) is -0.890. The van der Waals surface area contributed by atoms with E-state index in [9.17, 15) is 16.8 Å². The highest BCUT2D eigenvalue weighted by atomic mass is 32.2. The molecule has 0 radical (unpaired) electrons. The van der Waals surface area contributed by atoms with Crippen molar-refractivity contribution in [2.24, 2.45) is 20.5 Å². The van der Waals surface area contributed by atoms with Gasteiger partial charge in [-0.15, -0.1) is 0 Å². The van der Waals surface area contributed by atoms with Crippen LogP contribution in [0.3, 0.4) is 0 Å². The quantitative estimate of drug-likeness (QED) is 0.114. The van der Waals surface area contributed by atoms with Crippen LogP contribution in [0.5, 0.6) is 0 Å². The van der Waals surface area contributed by atoms with Gasteiger partial charge in [0.1, 0.15) is 13.2 Å². The van der Waals surface area contributed by atoms with Gasteiger partial charge in [-0.2, -0.15) is 37.3 Å². The summed E-state index contributed by atoms with van der Waals surface area (Å²) in [5.41, 5.74) is 2.28. The second-order valence-electron chi connectivity index (χ2n) is 8.10. The van der Waals surface area contributed by atoms with E-state index in [2.05, 4.69) is 44.1 Å². The van der Waals surface area contributed by atoms with Gasteiger partial charge in [0.2, 0.25) is 0 Å². The molecular formula is C30H22N4O6S2. The molecule has 12 heteroatoms. The predicted octanol–water partition coefficient (Wildman–Crippen LogP) is 6.64. The van der Waals surface area contributed by atoms with E-state index >= 15 is 0 Å². The molecule has 0 spiro atoms. The van der Waals surface area contributed by atoms with Gasteiger partial charge >= 0.3 is 0 Å². The van der Waals surface area contributed by atoms with Crippen LogP contribution in [0.25, 0.3) is 0 Å². The molecular weight excluding hydrogens is 576 g/mol. The minimum absolute atomic E-state index is 0.0695. The van der Waals surface area contributed by atoms with E-state index < -0.39 is 33.5 Å². The van der Waals surface area contributed by atoms with E-state index in [0.29, 0.717) is 22.7 Å². The highest BCUT2D eigenvalue weighted by molar-refractivity contribution is 7.87. The zero-order valence-electron chi connectivity index (χ0n) is 21.9. The van der Waals surface area contributed by atoms with Crippen LogP contribution in [0.4, 0.5) is 22.7 Å². The molecule has 0 saturated heterocycles. The van der Waals surface area contributed by atoms with Crippen molar-refractivity contribution in [3.8, 4) is 23.7 Å². The van der Waals surface area contributed by atoms with Crippen LogP contribution >= 0.6 is 0 Å². The molecule has 0 bridgehead atoms. The zero-order chi connectivity index (χ0) is 29.7. The standard InChI is InChI=1S/C30H22N4O6S2/c35-41(36,29-19-15-27(16-20-29)33-31-25-11-5-3-6-12-25)39-23-9-1-2-10-24-40-42(37,38)30-21-17-28(18-22-30)34-32-26-13-7-4-8-14-26/h3-8,11-22H,23-24H2. The number of benzene rings is 4. The van der Waals surface area contributed by atoms with Crippen molar-refractivity contribution >= 4 is 43.0 Å². The van der Waals surface area contributed by atoms with Crippen molar-refractivity contribution in [2.45, 2.75) is 9.79 Å². The van der Waals surface area contributed by atoms with Crippen LogP contribution in [0.2, 0.25) is 0 Å². The van der Waals surface area contributed by atoms with Crippen molar-refractivity contribution in [2.75, 3.05) is 13.2 Å². The fourth-order valence-corrected chi connectivity index (χ4v) is 4.73. The lowest BCUT2D eigenvalue weighted by molar-refractivity contribution is 0.362. The van der Waals surface area contributed by atoms with Crippen molar-refractivity contribution in [3.05, 3.63) is 109 Å². The van der Waals surface area contributed by atoms with Crippen molar-refractivity contribution in [3.63, 3.8) is 0 Å². The van der Waals surface area contributed by atoms with E-state index in [-0.39, 0.29) is 9.79 Å². The normalized spacial score (nSPS) is 11.5. The lowest BCUT2D eigenvalue weighted by atomic mass is 10.3. The van der Waals surface area contributed by atoms with Gasteiger partial charge in [0.05, 0.1) is 32.5 Å². The monoisotopic (exact) mass is 598 g/mol. The molecule has 42 heavy (non-hydrogen) atoms. The summed E-state index contributed by atoms with van der Waals surface area (Å²) < 4.78 is 59.2. The maximum absolute atomic E-state index is 12.3. The molecule has 0 aliphatic carbocycles. The minimum Gasteiger partial charge on any atom is -0.253 e. The number of hydrogen-bond acceptors (Lipinski definition) is 10. The van der Waals surface area contributed by atoms with E-state index in [0.717, 1.165) is 0 Å². The molecule has 0 heterocycles. The third-order valence-electron chi connectivity index (χ3n) is 5.14. The molecule has 0 unspecified atom stereocenters. The third kappa shape index (κ3) is 9.30. The predicted molar refractivity (Wildman–Crippen MR) is 156 cm³/mol. The van der Waals surface area contributed by atoms with Gasteiger partial charge in [-0.05, 0) is 84.6 Å². The first kappa shape index (κ1) is 30.0. The Morgan fingerprint density at radius 2 is 0.762 bits per heavy atom. The van der Waals surface area contributed by atoms with Gasteiger partial charge in [-0.25, -0.2) is 0 Å². The molecule has 0 aliphatic heterocycles. The molecule has 0 aliphatic rings. The van der Waals surface area contributed by atoms with Gasteiger partial charge < -0.3 is 0 Å². The van der Waals surface area contributed by atoms with Crippen molar-refractivity contribution in [1.82, 2.24) is 0 Å². The Labute approximate surface area is 244 Å². The molecule has 0 atom stereocenters. The molecule has 0 aromatic heterocycles. The number of nitrogens with zero attached hydrogens (tertiary/aromatic N) is 4. The van der Waals surface area contributed by atoms with Crippen molar-refractivity contribution < 1.29 is 25.2 Å². The van der Waals surface area contributed by atoms with Crippen molar-refractivity contribution in [1.29, 1.82) is 0 Å². The number of hydrogen-bond donors (Lipinski definition) is 0. The van der Waals surface area contributed by atoms with Crippen LogP contribution < -0.4 is 0 Å². The van der Waals surface area contributed by atoms with E-state index in [1.54, 1.807) is 24.3 Å². The molecule has 0 saturated carbocycles. The maximum Gasteiger partial charge on any atom is 0.297 e. The van der Waals surface area contributed by atoms with Gasteiger partial charge in [-0.1, -0.05) is 48.2 Å². The lowest BCUT2D eigenvalue weighted by Gasteiger charge is -2.02. The molecule has 4 aromatic carbocycles. The number of rotatable bonds is 10. The largest absolute Gasteiger partial charge is 0.297 e. The fraction of sp³-hybridized carbons (Fsp3) is 0.0667. The Bertz CT molecular complexity index is 1750. The average Bonchev–Trinajstić information content (AvgIpc) is 3.01. The highest BCUT2D eigenvalue weighted by Crippen LogP contribution is 2.22. The van der Waals surface area contributed by atoms with Gasteiger partial charge in [0.15, 0.2) is 0 Å². The first-order valence-electron chi connectivity index (χ1n) is 12.2. The molecule has 0 amide bonds. The minimum atomic E-state index is -4.05. The zero-order valence-corrected chi connectivity index (χ0v) is 23.5. The van der Waals surface area contributed by atoms with Crippen LogP contribution in [-0.4, -0.2) is 30.0 Å². The lowest BCUT2D eigenvalue weighted by Crippen LogP contribution is -2.06. The van der Waals surface area contributed by atoms with Crippen LogP contribution in [0.15, 0.2) is 139 Å². The number of azo groups is 2. The molecule has 4 aromatic rings. The topological polar surface area (TPSA) is 136 Å². The summed E-state index contributed by atoms with van der Waals surface area (Å²) in [6, 6.07) is 29.6. The molecule has 10 nitrogen and oxygen atoms in total.